The number of ether oxygens (including phenoxy) is 1. The molecule has 26 heavy (non-hydrogen) atoms. The van der Waals surface area contributed by atoms with Crippen molar-refractivity contribution in [3.05, 3.63) is 46.7 Å². The number of carbonyl (C=O) groups excluding carboxylic acids is 2. The third-order valence-corrected chi connectivity index (χ3v) is 5.00. The zero-order valence-electron chi connectivity index (χ0n) is 14.8. The van der Waals surface area contributed by atoms with Gasteiger partial charge >= 0.3 is 0 Å². The molecule has 0 saturated carbocycles. The second-order valence-corrected chi connectivity index (χ2v) is 7.03. The first-order valence-corrected chi connectivity index (χ1v) is 9.54. The fraction of sp³-hybridized carbons (Fsp3) is 0.368. The highest BCUT2D eigenvalue weighted by atomic mass is 32.1. The molecule has 0 spiro atoms. The van der Waals surface area contributed by atoms with Gasteiger partial charge in [0, 0.05) is 31.5 Å². The molecular formula is C19H23N3O3S. The lowest BCUT2D eigenvalue weighted by Gasteiger charge is -2.28. The molecule has 2 aromatic rings. The molecule has 7 heteroatoms. The highest BCUT2D eigenvalue weighted by Gasteiger charge is 2.14. The number of hydrogen-bond donors (Lipinski definition) is 1. The van der Waals surface area contributed by atoms with E-state index in [9.17, 15) is 9.59 Å². The zero-order chi connectivity index (χ0) is 18.4. The van der Waals surface area contributed by atoms with E-state index in [2.05, 4.69) is 10.2 Å². The fourth-order valence-corrected chi connectivity index (χ4v) is 3.45. The van der Waals surface area contributed by atoms with E-state index in [1.807, 2.05) is 41.1 Å². The number of nitrogens with one attached hydrogen (secondary N) is 1. The quantitative estimate of drug-likeness (QED) is 0.843. The lowest BCUT2D eigenvalue weighted by molar-refractivity contribution is -0.132. The van der Waals surface area contributed by atoms with Gasteiger partial charge in [-0.3, -0.25) is 9.59 Å². The maximum Gasteiger partial charge on any atom is 0.243 e. The largest absolute Gasteiger partial charge is 0.378 e. The second-order valence-electron chi connectivity index (χ2n) is 6.25. The number of morpholine rings is 1. The Balaban J connectivity index is 1.48. The van der Waals surface area contributed by atoms with Gasteiger partial charge in [-0.05, 0) is 46.7 Å². The minimum atomic E-state index is -0.203. The lowest BCUT2D eigenvalue weighted by Crippen LogP contribution is -2.36. The molecule has 1 aliphatic heterocycles. The number of nitrogens with zero attached hydrogens (tertiary/aromatic N) is 2. The van der Waals surface area contributed by atoms with Gasteiger partial charge in [0.2, 0.25) is 11.8 Å². The van der Waals surface area contributed by atoms with Gasteiger partial charge < -0.3 is 19.9 Å². The van der Waals surface area contributed by atoms with Gasteiger partial charge in [-0.1, -0.05) is 0 Å². The first-order valence-electron chi connectivity index (χ1n) is 8.59. The Bertz CT molecular complexity index is 725. The monoisotopic (exact) mass is 373 g/mol. The standard InChI is InChI=1S/C19H23N3O3S/c1-21(19(24)12-15-6-11-26-14-15)13-18(23)20-16-2-4-17(5-3-16)22-7-9-25-10-8-22/h2-6,11,14H,7-10,12-13H2,1H3,(H,20,23). The molecule has 1 aromatic heterocycles. The van der Waals surface area contributed by atoms with E-state index < -0.39 is 0 Å². The lowest BCUT2D eigenvalue weighted by atomic mass is 10.2. The van der Waals surface area contributed by atoms with E-state index in [-0.39, 0.29) is 18.4 Å². The molecular weight excluding hydrogens is 350 g/mol. The van der Waals surface area contributed by atoms with Gasteiger partial charge in [-0.25, -0.2) is 0 Å². The Hall–Kier alpha value is -2.38. The molecule has 6 nitrogen and oxygen atoms in total. The predicted molar refractivity (Wildman–Crippen MR) is 104 cm³/mol. The molecule has 2 amide bonds. The fourth-order valence-electron chi connectivity index (χ4n) is 2.78. The molecule has 1 saturated heterocycles. The SMILES string of the molecule is CN(CC(=O)Nc1ccc(N2CCOCC2)cc1)C(=O)Cc1ccsc1. The summed E-state index contributed by atoms with van der Waals surface area (Å²) in [7, 11) is 1.65. The Labute approximate surface area is 157 Å². The smallest absolute Gasteiger partial charge is 0.243 e. The van der Waals surface area contributed by atoms with E-state index in [1.54, 1.807) is 18.4 Å². The highest BCUT2D eigenvalue weighted by Crippen LogP contribution is 2.19. The summed E-state index contributed by atoms with van der Waals surface area (Å²) in [6.07, 6.45) is 0.321. The summed E-state index contributed by atoms with van der Waals surface area (Å²) in [5, 5.41) is 6.73. The van der Waals surface area contributed by atoms with Gasteiger partial charge in [0.25, 0.3) is 0 Å². The number of thiophene rings is 1. The van der Waals surface area contributed by atoms with Crippen molar-refractivity contribution in [3.63, 3.8) is 0 Å². The number of rotatable bonds is 6. The van der Waals surface area contributed by atoms with E-state index in [0.29, 0.717) is 6.42 Å². The van der Waals surface area contributed by atoms with Crippen LogP contribution in [-0.4, -0.2) is 56.6 Å². The minimum absolute atomic E-state index is 0.0359. The molecule has 0 aliphatic carbocycles. The van der Waals surface area contributed by atoms with Crippen molar-refractivity contribution in [1.29, 1.82) is 0 Å². The van der Waals surface area contributed by atoms with E-state index >= 15 is 0 Å². The first kappa shape index (κ1) is 18.4. The Kier molecular flexibility index (Phi) is 6.25. The van der Waals surface area contributed by atoms with Crippen LogP contribution in [0.2, 0.25) is 0 Å². The van der Waals surface area contributed by atoms with Crippen LogP contribution in [0.25, 0.3) is 0 Å². The number of likely N-dealkylation sites (N-methyl/N-ethyl adjacent to an activating group) is 1. The number of hydrogen-bond acceptors (Lipinski definition) is 5. The Morgan fingerprint density at radius 2 is 1.92 bits per heavy atom. The van der Waals surface area contributed by atoms with Crippen molar-refractivity contribution in [3.8, 4) is 0 Å². The summed E-state index contributed by atoms with van der Waals surface area (Å²) in [5.74, 6) is -0.272. The summed E-state index contributed by atoms with van der Waals surface area (Å²) in [5.41, 5.74) is 2.83. The summed E-state index contributed by atoms with van der Waals surface area (Å²) >= 11 is 1.56. The van der Waals surface area contributed by atoms with Crippen LogP contribution in [0.3, 0.4) is 0 Å². The molecule has 1 N–H and O–H groups in total. The summed E-state index contributed by atoms with van der Waals surface area (Å²) in [4.78, 5) is 28.0. The molecule has 3 rings (SSSR count). The van der Waals surface area contributed by atoms with E-state index in [0.717, 1.165) is 43.2 Å². The van der Waals surface area contributed by atoms with Crippen LogP contribution in [0.5, 0.6) is 0 Å². The maximum atomic E-state index is 12.2. The average Bonchev–Trinajstić information content (AvgIpc) is 3.16. The van der Waals surface area contributed by atoms with Gasteiger partial charge in [0.05, 0.1) is 26.2 Å². The van der Waals surface area contributed by atoms with Gasteiger partial charge in [0.15, 0.2) is 0 Å². The molecule has 1 fully saturated rings. The van der Waals surface area contributed by atoms with Crippen molar-refractivity contribution < 1.29 is 14.3 Å². The number of amides is 2. The van der Waals surface area contributed by atoms with Crippen molar-refractivity contribution >= 4 is 34.5 Å². The van der Waals surface area contributed by atoms with Crippen LogP contribution < -0.4 is 10.2 Å². The molecule has 0 unspecified atom stereocenters. The maximum absolute atomic E-state index is 12.2. The van der Waals surface area contributed by atoms with Crippen molar-refractivity contribution in [2.45, 2.75) is 6.42 Å². The zero-order valence-corrected chi connectivity index (χ0v) is 15.6. The second kappa shape index (κ2) is 8.82. The molecule has 0 radical (unpaired) electrons. The molecule has 0 atom stereocenters. The predicted octanol–water partition coefficient (Wildman–Crippen LogP) is 2.22. The van der Waals surface area contributed by atoms with Gasteiger partial charge in [0.1, 0.15) is 0 Å². The van der Waals surface area contributed by atoms with Crippen molar-refractivity contribution in [2.24, 2.45) is 0 Å². The molecule has 0 bridgehead atoms. The van der Waals surface area contributed by atoms with Crippen molar-refractivity contribution in [2.75, 3.05) is 50.1 Å². The third-order valence-electron chi connectivity index (χ3n) is 4.27. The number of anilines is 2. The molecule has 2 heterocycles. The number of benzene rings is 1. The topological polar surface area (TPSA) is 61.9 Å². The Morgan fingerprint density at radius 1 is 1.19 bits per heavy atom. The van der Waals surface area contributed by atoms with E-state index in [4.69, 9.17) is 4.74 Å². The Morgan fingerprint density at radius 3 is 2.58 bits per heavy atom. The van der Waals surface area contributed by atoms with Gasteiger partial charge in [-0.15, -0.1) is 0 Å². The van der Waals surface area contributed by atoms with Crippen LogP contribution in [0, 0.1) is 0 Å². The molecule has 1 aromatic carbocycles. The summed E-state index contributed by atoms with van der Waals surface area (Å²) < 4.78 is 5.36. The van der Waals surface area contributed by atoms with Crippen LogP contribution in [0.15, 0.2) is 41.1 Å². The van der Waals surface area contributed by atoms with E-state index in [1.165, 1.54) is 4.90 Å². The number of carbonyl (C=O) groups is 2. The minimum Gasteiger partial charge on any atom is -0.378 e. The van der Waals surface area contributed by atoms with Crippen molar-refractivity contribution in [1.82, 2.24) is 4.90 Å². The summed E-state index contributed by atoms with van der Waals surface area (Å²) in [6.45, 7) is 3.27. The van der Waals surface area contributed by atoms with Crippen LogP contribution in [0.1, 0.15) is 5.56 Å². The normalized spacial score (nSPS) is 14.1. The highest BCUT2D eigenvalue weighted by molar-refractivity contribution is 7.08. The summed E-state index contributed by atoms with van der Waals surface area (Å²) in [6, 6.07) is 9.68. The third kappa shape index (κ3) is 5.06. The average molecular weight is 373 g/mol. The van der Waals surface area contributed by atoms with Crippen LogP contribution >= 0.6 is 11.3 Å². The molecule has 138 valence electrons. The molecule has 1 aliphatic rings. The first-order chi connectivity index (χ1) is 12.6. The van der Waals surface area contributed by atoms with Crippen LogP contribution in [-0.2, 0) is 20.7 Å². The van der Waals surface area contributed by atoms with Gasteiger partial charge in [-0.2, -0.15) is 11.3 Å². The van der Waals surface area contributed by atoms with Crippen LogP contribution in [0.4, 0.5) is 11.4 Å².